The Morgan fingerprint density at radius 3 is 1.84 bits per heavy atom. The fraction of sp³-hybridized carbons (Fsp3) is 0.0286. The third kappa shape index (κ3) is 2.70. The van der Waals surface area contributed by atoms with Crippen molar-refractivity contribution in [1.29, 1.82) is 0 Å². The first-order chi connectivity index (χ1) is 18.3. The van der Waals surface area contributed by atoms with Gasteiger partial charge < -0.3 is 5.32 Å². The van der Waals surface area contributed by atoms with Crippen molar-refractivity contribution in [3.8, 4) is 22.3 Å². The molecule has 0 radical (unpaired) electrons. The van der Waals surface area contributed by atoms with Crippen molar-refractivity contribution in [2.24, 2.45) is 0 Å². The van der Waals surface area contributed by atoms with E-state index in [9.17, 15) is 0 Å². The summed E-state index contributed by atoms with van der Waals surface area (Å²) in [5.74, 6) is 0. The van der Waals surface area contributed by atoms with Crippen LogP contribution in [0.15, 0.2) is 127 Å². The van der Waals surface area contributed by atoms with Gasteiger partial charge in [0.25, 0.3) is 0 Å². The van der Waals surface area contributed by atoms with Crippen molar-refractivity contribution in [2.75, 3.05) is 5.32 Å². The zero-order valence-electron chi connectivity index (χ0n) is 20.0. The Labute approximate surface area is 221 Å². The molecule has 2 aliphatic rings. The molecule has 1 N–H and O–H groups in total. The van der Waals surface area contributed by atoms with Crippen molar-refractivity contribution in [1.82, 2.24) is 0 Å². The van der Waals surface area contributed by atoms with Crippen molar-refractivity contribution >= 4 is 33.7 Å². The van der Waals surface area contributed by atoms with Gasteiger partial charge in [0.15, 0.2) is 0 Å². The van der Waals surface area contributed by atoms with Gasteiger partial charge in [0, 0.05) is 5.69 Å². The molecule has 6 aromatic rings. The SMILES string of the molecule is Clc1ccccc1Nc1ccc2c(c1)-c1cccc3cccc(c13)C21c2ccccc2-c2ccccc21. The lowest BCUT2D eigenvalue weighted by Crippen LogP contribution is -2.31. The number of halogens is 1. The number of rotatable bonds is 2. The van der Waals surface area contributed by atoms with Gasteiger partial charge in [0.05, 0.1) is 16.1 Å². The van der Waals surface area contributed by atoms with E-state index in [0.717, 1.165) is 11.4 Å². The van der Waals surface area contributed by atoms with Crippen LogP contribution in [0, 0.1) is 0 Å². The number of fused-ring (bicyclic) bond motifs is 9. The first kappa shape index (κ1) is 20.8. The predicted octanol–water partition coefficient (Wildman–Crippen LogP) is 9.58. The minimum absolute atomic E-state index is 0.376. The molecule has 0 unspecified atom stereocenters. The van der Waals surface area contributed by atoms with E-state index in [-0.39, 0.29) is 5.41 Å². The highest BCUT2D eigenvalue weighted by Crippen LogP contribution is 2.61. The van der Waals surface area contributed by atoms with Gasteiger partial charge in [0.2, 0.25) is 0 Å². The highest BCUT2D eigenvalue weighted by atomic mass is 35.5. The van der Waals surface area contributed by atoms with Crippen LogP contribution < -0.4 is 5.32 Å². The Morgan fingerprint density at radius 2 is 1.08 bits per heavy atom. The fourth-order valence-corrected chi connectivity index (χ4v) is 6.91. The van der Waals surface area contributed by atoms with Crippen LogP contribution in [0.3, 0.4) is 0 Å². The average Bonchev–Trinajstić information content (AvgIpc) is 3.24. The Balaban J connectivity index is 1.50. The van der Waals surface area contributed by atoms with Crippen LogP contribution in [-0.4, -0.2) is 0 Å². The summed E-state index contributed by atoms with van der Waals surface area (Å²) in [7, 11) is 0. The lowest BCUT2D eigenvalue weighted by atomic mass is 9.61. The lowest BCUT2D eigenvalue weighted by Gasteiger charge is -2.40. The molecule has 0 fully saturated rings. The zero-order chi connectivity index (χ0) is 24.6. The van der Waals surface area contributed by atoms with E-state index in [0.29, 0.717) is 5.02 Å². The second-order valence-corrected chi connectivity index (χ2v) is 10.3. The topological polar surface area (TPSA) is 12.0 Å². The molecule has 0 bridgehead atoms. The third-order valence-corrected chi connectivity index (χ3v) is 8.46. The molecular formula is C35H22ClN. The van der Waals surface area contributed by atoms with E-state index in [2.05, 4.69) is 108 Å². The summed E-state index contributed by atoms with van der Waals surface area (Å²) in [5, 5.41) is 6.88. The van der Waals surface area contributed by atoms with Crippen molar-refractivity contribution in [3.05, 3.63) is 155 Å². The Morgan fingerprint density at radius 1 is 0.486 bits per heavy atom. The van der Waals surface area contributed by atoms with E-state index < -0.39 is 0 Å². The molecule has 2 aliphatic carbocycles. The molecule has 1 nitrogen and oxygen atoms in total. The van der Waals surface area contributed by atoms with Gasteiger partial charge in [-0.2, -0.15) is 0 Å². The molecule has 37 heavy (non-hydrogen) atoms. The number of para-hydroxylation sites is 1. The maximum absolute atomic E-state index is 6.50. The third-order valence-electron chi connectivity index (χ3n) is 8.13. The minimum atomic E-state index is -0.376. The molecule has 8 rings (SSSR count). The van der Waals surface area contributed by atoms with Crippen LogP contribution in [0.1, 0.15) is 22.3 Å². The predicted molar refractivity (Wildman–Crippen MR) is 155 cm³/mol. The Hall–Kier alpha value is -4.33. The Bertz CT molecular complexity index is 1830. The van der Waals surface area contributed by atoms with E-state index in [1.165, 1.54) is 55.3 Å². The van der Waals surface area contributed by atoms with E-state index in [1.54, 1.807) is 0 Å². The molecular weight excluding hydrogens is 470 g/mol. The second kappa shape index (κ2) is 7.59. The molecule has 1 spiro atoms. The number of nitrogens with one attached hydrogen (secondary N) is 1. The standard InChI is InChI=1S/C35H22ClN/c36-32-17-5-6-18-33(32)37-23-19-20-30-27(21-23)26-13-7-9-22-10-8-16-31(34(22)26)35(30)28-14-3-1-11-24(28)25-12-2-4-15-29(25)35/h1-21,37H. The largest absolute Gasteiger partial charge is 0.354 e. The molecule has 0 aliphatic heterocycles. The summed E-state index contributed by atoms with van der Waals surface area (Å²) >= 11 is 6.50. The molecule has 0 aromatic heterocycles. The molecule has 0 heterocycles. The van der Waals surface area contributed by atoms with Gasteiger partial charge in [-0.3, -0.25) is 0 Å². The van der Waals surface area contributed by atoms with Crippen LogP contribution in [0.25, 0.3) is 33.0 Å². The summed E-state index contributed by atoms with van der Waals surface area (Å²) in [5.41, 5.74) is 12.1. The van der Waals surface area contributed by atoms with E-state index in [4.69, 9.17) is 11.6 Å². The highest BCUT2D eigenvalue weighted by Gasteiger charge is 2.49. The smallest absolute Gasteiger partial charge is 0.0725 e. The maximum atomic E-state index is 6.50. The normalized spacial score (nSPS) is 13.8. The van der Waals surface area contributed by atoms with Crippen molar-refractivity contribution in [2.45, 2.75) is 5.41 Å². The first-order valence-corrected chi connectivity index (χ1v) is 13.0. The number of hydrogen-bond donors (Lipinski definition) is 1. The summed E-state index contributed by atoms with van der Waals surface area (Å²) < 4.78 is 0. The van der Waals surface area contributed by atoms with Gasteiger partial charge in [-0.1, -0.05) is 115 Å². The van der Waals surface area contributed by atoms with Crippen LogP contribution in [-0.2, 0) is 5.41 Å². The van der Waals surface area contributed by atoms with Crippen molar-refractivity contribution < 1.29 is 0 Å². The van der Waals surface area contributed by atoms with Gasteiger partial charge in [0.1, 0.15) is 0 Å². The molecule has 2 heteroatoms. The minimum Gasteiger partial charge on any atom is -0.354 e. The van der Waals surface area contributed by atoms with Gasteiger partial charge in [-0.15, -0.1) is 0 Å². The number of hydrogen-bond acceptors (Lipinski definition) is 1. The highest BCUT2D eigenvalue weighted by molar-refractivity contribution is 6.33. The summed E-state index contributed by atoms with van der Waals surface area (Å²) in [6.45, 7) is 0. The Kier molecular flexibility index (Phi) is 4.27. The van der Waals surface area contributed by atoms with Gasteiger partial charge in [-0.25, -0.2) is 0 Å². The molecule has 0 saturated carbocycles. The van der Waals surface area contributed by atoms with Crippen LogP contribution in [0.4, 0.5) is 11.4 Å². The van der Waals surface area contributed by atoms with Crippen LogP contribution >= 0.6 is 11.6 Å². The molecule has 0 amide bonds. The van der Waals surface area contributed by atoms with Crippen LogP contribution in [0.5, 0.6) is 0 Å². The van der Waals surface area contributed by atoms with E-state index >= 15 is 0 Å². The quantitative estimate of drug-likeness (QED) is 0.254. The molecule has 0 saturated heterocycles. The monoisotopic (exact) mass is 491 g/mol. The zero-order valence-corrected chi connectivity index (χ0v) is 20.8. The fourth-order valence-electron chi connectivity index (χ4n) is 6.73. The summed E-state index contributed by atoms with van der Waals surface area (Å²) in [4.78, 5) is 0. The van der Waals surface area contributed by atoms with E-state index in [1.807, 2.05) is 24.3 Å². The molecule has 0 atom stereocenters. The molecule has 174 valence electrons. The van der Waals surface area contributed by atoms with Gasteiger partial charge >= 0.3 is 0 Å². The maximum Gasteiger partial charge on any atom is 0.0725 e. The number of benzene rings is 6. The lowest BCUT2D eigenvalue weighted by molar-refractivity contribution is 0.773. The van der Waals surface area contributed by atoms with Gasteiger partial charge in [-0.05, 0) is 79.5 Å². The average molecular weight is 492 g/mol. The second-order valence-electron chi connectivity index (χ2n) is 9.92. The van der Waals surface area contributed by atoms with Crippen molar-refractivity contribution in [3.63, 3.8) is 0 Å². The first-order valence-electron chi connectivity index (χ1n) is 12.6. The summed E-state index contributed by atoms with van der Waals surface area (Å²) in [6, 6.07) is 46.0. The summed E-state index contributed by atoms with van der Waals surface area (Å²) in [6.07, 6.45) is 0. The van der Waals surface area contributed by atoms with Crippen LogP contribution in [0.2, 0.25) is 5.02 Å². The molecule has 6 aromatic carbocycles. The number of anilines is 2.